The molecular weight excluding hydrogens is 442 g/mol. The molecule has 1 aliphatic heterocycles. The van der Waals surface area contributed by atoms with Crippen LogP contribution in [0.4, 0.5) is 22.7 Å². The largest absolute Gasteiger partial charge is 0.481 e. The molecule has 0 aliphatic carbocycles. The summed E-state index contributed by atoms with van der Waals surface area (Å²) in [6.45, 7) is 6.93. The van der Waals surface area contributed by atoms with Crippen molar-refractivity contribution in [3.8, 4) is 0 Å². The van der Waals surface area contributed by atoms with Gasteiger partial charge in [-0.3, -0.25) is 25.0 Å². The summed E-state index contributed by atoms with van der Waals surface area (Å²) in [5.74, 6) is -3.02. The maximum atomic E-state index is 12.6. The van der Waals surface area contributed by atoms with Crippen molar-refractivity contribution in [2.75, 3.05) is 10.6 Å². The molecule has 1 aliphatic rings. The maximum Gasteiger partial charge on any atom is 0.326 e. The number of carboxylic acid groups (broad SMARTS) is 2. The molecule has 1 radical (unpaired) electrons. The Hall–Kier alpha value is -3.52. The van der Waals surface area contributed by atoms with Crippen LogP contribution in [-0.2, 0) is 14.8 Å². The highest BCUT2D eigenvalue weighted by molar-refractivity contribution is 5.86. The molecule has 181 valence electrons. The van der Waals surface area contributed by atoms with E-state index in [1.54, 1.807) is 27.7 Å². The van der Waals surface area contributed by atoms with E-state index in [-0.39, 0.29) is 11.4 Å². The SMILES string of the molecule is CC1(C)CC(Nc2cc(N[C@@H](CC(=O)O)C(=O)O)c([N+](=O)[O-])cc2[N+](=O)[O-])CC(C)(C)N1[O]. The Labute approximate surface area is 188 Å². The van der Waals surface area contributed by atoms with Crippen LogP contribution in [0, 0.1) is 20.2 Å². The molecule has 0 aromatic heterocycles. The molecule has 0 saturated carbocycles. The number of hydrogen-bond donors (Lipinski definition) is 4. The van der Waals surface area contributed by atoms with Gasteiger partial charge in [0, 0.05) is 17.1 Å². The average Bonchev–Trinajstić information content (AvgIpc) is 2.64. The Bertz CT molecular complexity index is 961. The molecular formula is C19H26N5O9. The van der Waals surface area contributed by atoms with Crippen molar-refractivity contribution in [3.63, 3.8) is 0 Å². The van der Waals surface area contributed by atoms with Crippen molar-refractivity contribution in [2.45, 2.75) is 70.1 Å². The van der Waals surface area contributed by atoms with Gasteiger partial charge in [0.25, 0.3) is 11.4 Å². The van der Waals surface area contributed by atoms with Crippen molar-refractivity contribution in [1.82, 2.24) is 5.06 Å². The summed E-state index contributed by atoms with van der Waals surface area (Å²) in [6.07, 6.45) is -0.252. The molecule has 1 aromatic rings. The summed E-state index contributed by atoms with van der Waals surface area (Å²) in [7, 11) is 0. The summed E-state index contributed by atoms with van der Waals surface area (Å²) in [5.41, 5.74) is -3.50. The Morgan fingerprint density at radius 3 is 1.97 bits per heavy atom. The fourth-order valence-corrected chi connectivity index (χ4v) is 4.26. The molecule has 14 heteroatoms. The van der Waals surface area contributed by atoms with Crippen molar-refractivity contribution >= 4 is 34.7 Å². The van der Waals surface area contributed by atoms with Crippen LogP contribution in [0.15, 0.2) is 12.1 Å². The fraction of sp³-hybridized carbons (Fsp3) is 0.579. The number of nitro groups is 2. The number of hydroxylamine groups is 2. The first-order valence-electron chi connectivity index (χ1n) is 9.97. The number of carboxylic acids is 2. The fourth-order valence-electron chi connectivity index (χ4n) is 4.26. The molecule has 33 heavy (non-hydrogen) atoms. The van der Waals surface area contributed by atoms with Gasteiger partial charge in [-0.1, -0.05) is 0 Å². The highest BCUT2D eigenvalue weighted by Gasteiger charge is 2.46. The lowest BCUT2D eigenvalue weighted by Gasteiger charge is -2.50. The Morgan fingerprint density at radius 2 is 1.55 bits per heavy atom. The number of nitrogens with zero attached hydrogens (tertiary/aromatic N) is 3. The van der Waals surface area contributed by atoms with E-state index in [0.29, 0.717) is 18.9 Å². The molecule has 1 aromatic carbocycles. The zero-order valence-electron chi connectivity index (χ0n) is 18.5. The summed E-state index contributed by atoms with van der Waals surface area (Å²) >= 11 is 0. The first kappa shape index (κ1) is 25.7. The molecule has 0 spiro atoms. The van der Waals surface area contributed by atoms with E-state index in [2.05, 4.69) is 10.6 Å². The van der Waals surface area contributed by atoms with Crippen LogP contribution >= 0.6 is 0 Å². The predicted molar refractivity (Wildman–Crippen MR) is 114 cm³/mol. The van der Waals surface area contributed by atoms with Gasteiger partial charge in [0.2, 0.25) is 0 Å². The van der Waals surface area contributed by atoms with Crippen molar-refractivity contribution in [1.29, 1.82) is 0 Å². The molecule has 1 heterocycles. The number of carbonyl (C=O) groups is 2. The van der Waals surface area contributed by atoms with Gasteiger partial charge >= 0.3 is 11.9 Å². The number of anilines is 2. The second kappa shape index (κ2) is 9.15. The zero-order valence-corrected chi connectivity index (χ0v) is 18.5. The maximum absolute atomic E-state index is 12.6. The lowest BCUT2D eigenvalue weighted by atomic mass is 9.79. The normalized spacial score (nSPS) is 18.8. The third-order valence-electron chi connectivity index (χ3n) is 5.47. The van der Waals surface area contributed by atoms with Crippen LogP contribution in [0.5, 0.6) is 0 Å². The van der Waals surface area contributed by atoms with E-state index in [9.17, 15) is 40.1 Å². The van der Waals surface area contributed by atoms with Crippen LogP contribution in [0.25, 0.3) is 0 Å². The van der Waals surface area contributed by atoms with Crippen LogP contribution in [-0.4, -0.2) is 60.2 Å². The average molecular weight is 468 g/mol. The van der Waals surface area contributed by atoms with Crippen molar-refractivity contribution < 1.29 is 34.9 Å². The van der Waals surface area contributed by atoms with Gasteiger partial charge in [0.15, 0.2) is 0 Å². The van der Waals surface area contributed by atoms with E-state index in [1.807, 2.05) is 0 Å². The van der Waals surface area contributed by atoms with E-state index in [1.165, 1.54) is 0 Å². The van der Waals surface area contributed by atoms with Crippen molar-refractivity contribution in [3.05, 3.63) is 32.4 Å². The van der Waals surface area contributed by atoms with E-state index < -0.39 is 62.7 Å². The van der Waals surface area contributed by atoms with Crippen LogP contribution < -0.4 is 10.6 Å². The third kappa shape index (κ3) is 5.84. The number of hydrogen-bond acceptors (Lipinski definition) is 9. The third-order valence-corrected chi connectivity index (χ3v) is 5.47. The van der Waals surface area contributed by atoms with Crippen LogP contribution in [0.1, 0.15) is 47.0 Å². The highest BCUT2D eigenvalue weighted by atomic mass is 16.6. The molecule has 1 atom stereocenters. The standard InChI is InChI=1S/C19H26N5O9/c1-18(2)8-10(9-19(3,4)24(18)33)20-11-5-12(21-13(17(27)28)6-16(25)26)15(23(31)32)7-14(11)22(29)30/h5,7,10,13,20-21H,6,8-9H2,1-4H3,(H,25,26)(H,27,28)/t13-/m0/s1. The van der Waals surface area contributed by atoms with Gasteiger partial charge in [-0.25, -0.2) is 4.79 Å². The number of piperidine rings is 1. The smallest absolute Gasteiger partial charge is 0.326 e. The topological polar surface area (TPSA) is 208 Å². The van der Waals surface area contributed by atoms with Crippen LogP contribution in [0.2, 0.25) is 0 Å². The minimum absolute atomic E-state index is 0.122. The second-order valence-corrected chi connectivity index (χ2v) is 9.20. The zero-order chi connectivity index (χ0) is 25.3. The molecule has 2 rings (SSSR count). The molecule has 0 amide bonds. The summed E-state index contributed by atoms with van der Waals surface area (Å²) in [5, 5.41) is 60.2. The van der Waals surface area contributed by atoms with E-state index >= 15 is 0 Å². The minimum Gasteiger partial charge on any atom is -0.481 e. The van der Waals surface area contributed by atoms with E-state index in [0.717, 1.165) is 11.1 Å². The Morgan fingerprint density at radius 1 is 1.06 bits per heavy atom. The van der Waals surface area contributed by atoms with Gasteiger partial charge < -0.3 is 20.8 Å². The quantitative estimate of drug-likeness (QED) is 0.306. The predicted octanol–water partition coefficient (Wildman–Crippen LogP) is 2.62. The number of nitro benzene ring substituents is 2. The van der Waals surface area contributed by atoms with Crippen LogP contribution in [0.3, 0.4) is 0 Å². The number of rotatable bonds is 9. The molecule has 1 saturated heterocycles. The molecule has 14 nitrogen and oxygen atoms in total. The summed E-state index contributed by atoms with van der Waals surface area (Å²) in [6, 6.07) is -0.416. The number of benzene rings is 1. The summed E-state index contributed by atoms with van der Waals surface area (Å²) < 4.78 is 0. The highest BCUT2D eigenvalue weighted by Crippen LogP contribution is 2.41. The molecule has 4 N–H and O–H groups in total. The lowest BCUT2D eigenvalue weighted by molar-refractivity contribution is -0.393. The second-order valence-electron chi connectivity index (χ2n) is 9.20. The monoisotopic (exact) mass is 468 g/mol. The Kier molecular flexibility index (Phi) is 7.14. The van der Waals surface area contributed by atoms with Gasteiger partial charge in [-0.2, -0.15) is 0 Å². The summed E-state index contributed by atoms with van der Waals surface area (Å²) in [4.78, 5) is 43.8. The minimum atomic E-state index is -1.71. The van der Waals surface area contributed by atoms with Gasteiger partial charge in [-0.15, -0.1) is 10.3 Å². The number of aliphatic carboxylic acids is 2. The molecule has 1 fully saturated rings. The Balaban J connectivity index is 2.52. The van der Waals surface area contributed by atoms with Gasteiger partial charge in [-0.05, 0) is 46.6 Å². The number of nitrogens with one attached hydrogen (secondary N) is 2. The first-order chi connectivity index (χ1) is 15.0. The van der Waals surface area contributed by atoms with Crippen molar-refractivity contribution in [2.24, 2.45) is 0 Å². The van der Waals surface area contributed by atoms with E-state index in [4.69, 9.17) is 5.11 Å². The molecule has 0 unspecified atom stereocenters. The lowest BCUT2D eigenvalue weighted by Crippen LogP contribution is -2.60. The van der Waals surface area contributed by atoms with Gasteiger partial charge in [0.05, 0.1) is 22.3 Å². The first-order valence-corrected chi connectivity index (χ1v) is 9.97. The molecule has 0 bridgehead atoms. The van der Waals surface area contributed by atoms with Gasteiger partial charge in [0.1, 0.15) is 17.4 Å².